The van der Waals surface area contributed by atoms with Gasteiger partial charge < -0.3 is 15.0 Å². The van der Waals surface area contributed by atoms with E-state index in [0.29, 0.717) is 30.3 Å². The molecule has 2 fully saturated rings. The predicted octanol–water partition coefficient (Wildman–Crippen LogP) is 1.18. The number of carbonyl (C=O) groups is 2. The Bertz CT molecular complexity index is 884. The van der Waals surface area contributed by atoms with E-state index in [2.05, 4.69) is 25.9 Å². The molecule has 29 heavy (non-hydrogen) atoms. The summed E-state index contributed by atoms with van der Waals surface area (Å²) in [5.41, 5.74) is 0.936. The number of ether oxygens (including phenoxy) is 1. The molecule has 3 heterocycles. The summed E-state index contributed by atoms with van der Waals surface area (Å²) < 4.78 is 20.1. The van der Waals surface area contributed by atoms with Gasteiger partial charge in [0.25, 0.3) is 0 Å². The predicted molar refractivity (Wildman–Crippen MR) is 101 cm³/mol. The summed E-state index contributed by atoms with van der Waals surface area (Å²) in [6.07, 6.45) is 0.611. The van der Waals surface area contributed by atoms with E-state index in [1.54, 1.807) is 12.1 Å². The van der Waals surface area contributed by atoms with Gasteiger partial charge in [-0.2, -0.15) is 5.21 Å². The molecular formula is C18H22FN7O3. The lowest BCUT2D eigenvalue weighted by Gasteiger charge is -2.32. The van der Waals surface area contributed by atoms with Crippen LogP contribution in [0, 0.1) is 5.82 Å². The zero-order valence-electron chi connectivity index (χ0n) is 16.0. The van der Waals surface area contributed by atoms with Crippen molar-refractivity contribution in [1.29, 1.82) is 0 Å². The summed E-state index contributed by atoms with van der Waals surface area (Å²) in [6, 6.07) is 4.75. The molecule has 0 unspecified atom stereocenters. The summed E-state index contributed by atoms with van der Waals surface area (Å²) >= 11 is 0. The molecule has 2 N–H and O–H groups in total. The number of H-pyrrole nitrogens is 1. The summed E-state index contributed by atoms with van der Waals surface area (Å²) in [4.78, 5) is 26.5. The molecule has 4 rings (SSSR count). The Morgan fingerprint density at radius 1 is 1.38 bits per heavy atom. The van der Waals surface area contributed by atoms with Crippen molar-refractivity contribution in [3.8, 4) is 0 Å². The van der Waals surface area contributed by atoms with Gasteiger partial charge in [0.05, 0.1) is 24.5 Å². The van der Waals surface area contributed by atoms with Gasteiger partial charge in [0, 0.05) is 25.9 Å². The van der Waals surface area contributed by atoms with Gasteiger partial charge in [-0.1, -0.05) is 5.21 Å². The second-order valence-corrected chi connectivity index (χ2v) is 7.22. The van der Waals surface area contributed by atoms with Crippen LogP contribution >= 0.6 is 0 Å². The van der Waals surface area contributed by atoms with Gasteiger partial charge in [0.15, 0.2) is 5.82 Å². The fourth-order valence-electron chi connectivity index (χ4n) is 3.74. The number of rotatable bonds is 5. The molecule has 0 saturated carbocycles. The summed E-state index contributed by atoms with van der Waals surface area (Å²) in [7, 11) is 0. The molecule has 154 valence electrons. The van der Waals surface area contributed by atoms with Crippen molar-refractivity contribution in [2.75, 3.05) is 36.0 Å². The quantitative estimate of drug-likeness (QED) is 0.770. The first kappa shape index (κ1) is 19.1. The lowest BCUT2D eigenvalue weighted by molar-refractivity contribution is -0.119. The Morgan fingerprint density at radius 2 is 2.17 bits per heavy atom. The normalized spacial score (nSPS) is 20.1. The van der Waals surface area contributed by atoms with Crippen molar-refractivity contribution >= 4 is 23.4 Å². The topological polar surface area (TPSA) is 116 Å². The number of aromatic nitrogens is 4. The Morgan fingerprint density at radius 3 is 2.83 bits per heavy atom. The van der Waals surface area contributed by atoms with E-state index in [4.69, 9.17) is 4.74 Å². The maximum Gasteiger partial charge on any atom is 0.414 e. The highest BCUT2D eigenvalue weighted by atomic mass is 19.1. The third-order valence-electron chi connectivity index (χ3n) is 5.26. The number of carbonyl (C=O) groups excluding carboxylic acids is 2. The minimum atomic E-state index is -0.548. The van der Waals surface area contributed by atoms with Crippen LogP contribution in [-0.4, -0.2) is 64.9 Å². The van der Waals surface area contributed by atoms with Gasteiger partial charge in [-0.3, -0.25) is 9.69 Å². The molecule has 10 nitrogen and oxygen atoms in total. The first-order chi connectivity index (χ1) is 14.0. The Balaban J connectivity index is 1.39. The first-order valence-corrected chi connectivity index (χ1v) is 9.51. The maximum absolute atomic E-state index is 14.8. The molecule has 11 heteroatoms. The van der Waals surface area contributed by atoms with Crippen LogP contribution < -0.4 is 15.1 Å². The lowest BCUT2D eigenvalue weighted by atomic mass is 9.96. The number of cyclic esters (lactones) is 1. The number of benzene rings is 1. The van der Waals surface area contributed by atoms with E-state index < -0.39 is 18.0 Å². The summed E-state index contributed by atoms with van der Waals surface area (Å²) in [5, 5.41) is 16.7. The number of aromatic amines is 1. The van der Waals surface area contributed by atoms with Crippen molar-refractivity contribution in [1.82, 2.24) is 25.9 Å². The van der Waals surface area contributed by atoms with Crippen LogP contribution in [0.15, 0.2) is 18.2 Å². The maximum atomic E-state index is 14.8. The third kappa shape index (κ3) is 4.13. The number of anilines is 2. The summed E-state index contributed by atoms with van der Waals surface area (Å²) in [6.45, 7) is 3.25. The molecule has 0 bridgehead atoms. The third-order valence-corrected chi connectivity index (χ3v) is 5.26. The Hall–Kier alpha value is -3.24. The highest BCUT2D eigenvalue weighted by molar-refractivity contribution is 5.90. The van der Waals surface area contributed by atoms with E-state index in [9.17, 15) is 14.0 Å². The Kier molecular flexibility index (Phi) is 5.28. The molecule has 2 saturated heterocycles. The zero-order valence-corrected chi connectivity index (χ0v) is 16.0. The van der Waals surface area contributed by atoms with Gasteiger partial charge >= 0.3 is 6.09 Å². The van der Waals surface area contributed by atoms with Gasteiger partial charge in [-0.05, 0) is 31.0 Å². The van der Waals surface area contributed by atoms with Crippen LogP contribution in [0.2, 0.25) is 0 Å². The smallest absolute Gasteiger partial charge is 0.414 e. The molecule has 0 aliphatic carbocycles. The van der Waals surface area contributed by atoms with Crippen molar-refractivity contribution in [2.45, 2.75) is 31.8 Å². The zero-order chi connectivity index (χ0) is 20.4. The standard InChI is InChI=1S/C18H22FN7O3/c1-11(27)20-9-14-10-26(18(28)29-14)13-2-3-16(15(19)8-13)25-6-4-12(5-7-25)17-21-23-24-22-17/h2-3,8,12,14H,4-7,9-10H2,1H3,(H,20,27)(H,21,22,23,24)/t14-/m0/s1. The number of hydrogen-bond donors (Lipinski definition) is 2. The van der Waals surface area contributed by atoms with Crippen molar-refractivity contribution < 1.29 is 18.7 Å². The molecule has 1 aromatic heterocycles. The highest BCUT2D eigenvalue weighted by Gasteiger charge is 2.33. The fraction of sp³-hybridized carbons (Fsp3) is 0.500. The van der Waals surface area contributed by atoms with Crippen molar-refractivity contribution in [3.63, 3.8) is 0 Å². The summed E-state index contributed by atoms with van der Waals surface area (Å²) in [5.74, 6) is 0.325. The van der Waals surface area contributed by atoms with E-state index in [1.807, 2.05) is 4.90 Å². The number of tetrazole rings is 1. The number of hydrogen-bond acceptors (Lipinski definition) is 7. The van der Waals surface area contributed by atoms with Crippen LogP contribution in [0.5, 0.6) is 0 Å². The molecule has 2 aliphatic heterocycles. The van der Waals surface area contributed by atoms with E-state index >= 15 is 0 Å². The first-order valence-electron chi connectivity index (χ1n) is 9.51. The second-order valence-electron chi connectivity index (χ2n) is 7.22. The molecule has 0 spiro atoms. The second kappa shape index (κ2) is 8.02. The van der Waals surface area contributed by atoms with Crippen molar-refractivity contribution in [2.24, 2.45) is 0 Å². The number of nitrogens with zero attached hydrogens (tertiary/aromatic N) is 5. The van der Waals surface area contributed by atoms with Crippen LogP contribution in [-0.2, 0) is 9.53 Å². The van der Waals surface area contributed by atoms with Crippen LogP contribution in [0.3, 0.4) is 0 Å². The van der Waals surface area contributed by atoms with E-state index in [-0.39, 0.29) is 24.9 Å². The average molecular weight is 403 g/mol. The molecule has 1 aromatic carbocycles. The minimum Gasteiger partial charge on any atom is -0.442 e. The molecule has 1 atom stereocenters. The average Bonchev–Trinajstić information content (AvgIpc) is 3.36. The van der Waals surface area contributed by atoms with Crippen LogP contribution in [0.1, 0.15) is 31.5 Å². The Labute approximate surface area is 166 Å². The minimum absolute atomic E-state index is 0.196. The molecule has 2 aliphatic rings. The monoisotopic (exact) mass is 403 g/mol. The number of nitrogens with one attached hydrogen (secondary N) is 2. The molecule has 2 aromatic rings. The SMILES string of the molecule is CC(=O)NC[C@H]1CN(c2ccc(N3CCC(c4nn[nH]n4)CC3)c(F)c2)C(=O)O1. The number of halogens is 1. The highest BCUT2D eigenvalue weighted by Crippen LogP contribution is 2.32. The molecule has 2 amide bonds. The van der Waals surface area contributed by atoms with Gasteiger partial charge in [0.1, 0.15) is 11.9 Å². The van der Waals surface area contributed by atoms with Crippen LogP contribution in [0.25, 0.3) is 0 Å². The molecular weight excluding hydrogens is 381 g/mol. The van der Waals surface area contributed by atoms with E-state index in [1.165, 1.54) is 17.9 Å². The molecule has 0 radical (unpaired) electrons. The van der Waals surface area contributed by atoms with Crippen LogP contribution in [0.4, 0.5) is 20.6 Å². The lowest BCUT2D eigenvalue weighted by Crippen LogP contribution is -2.34. The van der Waals surface area contributed by atoms with Crippen molar-refractivity contribution in [3.05, 3.63) is 29.8 Å². The van der Waals surface area contributed by atoms with E-state index in [0.717, 1.165) is 12.8 Å². The van der Waals surface area contributed by atoms with Gasteiger partial charge in [0.2, 0.25) is 5.91 Å². The fourth-order valence-corrected chi connectivity index (χ4v) is 3.74. The largest absolute Gasteiger partial charge is 0.442 e. The number of piperidine rings is 1. The number of amides is 2. The van der Waals surface area contributed by atoms with Gasteiger partial charge in [-0.25, -0.2) is 9.18 Å². The van der Waals surface area contributed by atoms with Gasteiger partial charge in [-0.15, -0.1) is 10.2 Å².